The van der Waals surface area contributed by atoms with Crippen LogP contribution in [0.3, 0.4) is 0 Å². The van der Waals surface area contributed by atoms with Crippen LogP contribution in [-0.2, 0) is 21.7 Å². The van der Waals surface area contributed by atoms with Crippen LogP contribution in [0.4, 0.5) is 0 Å². The van der Waals surface area contributed by atoms with E-state index in [1.807, 2.05) is 0 Å². The van der Waals surface area contributed by atoms with Gasteiger partial charge < -0.3 is 9.47 Å². The molecule has 0 unspecified atom stereocenters. The molecule has 184 valence electrons. The quantitative estimate of drug-likeness (QED) is 0.461. The first-order chi connectivity index (χ1) is 14.8. The molecule has 0 heterocycles. The molecule has 0 radical (unpaired) electrons. The van der Waals surface area contributed by atoms with Crippen molar-refractivity contribution in [3.05, 3.63) is 46.5 Å². The molecular formula is C31H48O2. The molecule has 0 saturated carbocycles. The molecule has 2 rings (SSSR count). The molecule has 0 aliphatic rings. The van der Waals surface area contributed by atoms with Crippen LogP contribution in [0.1, 0.15) is 112 Å². The Kier molecular flexibility index (Phi) is 7.45. The Morgan fingerprint density at radius 3 is 1.21 bits per heavy atom. The maximum Gasteiger partial charge on any atom is 0.130 e. The second kappa shape index (κ2) is 9.01. The summed E-state index contributed by atoms with van der Waals surface area (Å²) < 4.78 is 12.6. The fourth-order valence-electron chi connectivity index (χ4n) is 4.16. The molecule has 0 amide bonds. The highest BCUT2D eigenvalue weighted by molar-refractivity contribution is 5.81. The van der Waals surface area contributed by atoms with Gasteiger partial charge in [-0.15, -0.1) is 0 Å². The lowest BCUT2D eigenvalue weighted by atomic mass is 9.75. The summed E-state index contributed by atoms with van der Waals surface area (Å²) in [5.41, 5.74) is 7.26. The van der Waals surface area contributed by atoms with E-state index in [4.69, 9.17) is 9.47 Å². The molecular weight excluding hydrogens is 404 g/mol. The van der Waals surface area contributed by atoms with Gasteiger partial charge in [-0.25, -0.2) is 0 Å². The third-order valence-electron chi connectivity index (χ3n) is 6.31. The molecule has 0 atom stereocenters. The van der Waals surface area contributed by atoms with Crippen molar-refractivity contribution < 1.29 is 9.47 Å². The van der Waals surface area contributed by atoms with Crippen molar-refractivity contribution in [1.82, 2.24) is 0 Å². The normalized spacial score (nSPS) is 13.3. The number of hydrogen-bond donors (Lipinski definition) is 0. The Balaban J connectivity index is 3.15. The highest BCUT2D eigenvalue weighted by atomic mass is 16.5. The first kappa shape index (κ1) is 27.3. The van der Waals surface area contributed by atoms with Gasteiger partial charge in [0.15, 0.2) is 0 Å². The molecule has 2 nitrogen and oxygen atoms in total. The highest BCUT2D eigenvalue weighted by Crippen LogP contribution is 2.49. The maximum atomic E-state index is 6.41. The van der Waals surface area contributed by atoms with E-state index < -0.39 is 0 Å². The van der Waals surface area contributed by atoms with Crippen molar-refractivity contribution in [2.45, 2.75) is 112 Å². The molecule has 33 heavy (non-hydrogen) atoms. The topological polar surface area (TPSA) is 18.5 Å². The average Bonchev–Trinajstić information content (AvgIpc) is 2.64. The Morgan fingerprint density at radius 1 is 0.545 bits per heavy atom. The van der Waals surface area contributed by atoms with Crippen LogP contribution in [0.2, 0.25) is 0 Å². The van der Waals surface area contributed by atoms with E-state index >= 15 is 0 Å². The van der Waals surface area contributed by atoms with Crippen molar-refractivity contribution in [3.8, 4) is 22.6 Å². The molecule has 2 aromatic carbocycles. The lowest BCUT2D eigenvalue weighted by molar-refractivity contribution is 0.330. The van der Waals surface area contributed by atoms with Gasteiger partial charge in [0.05, 0.1) is 13.7 Å². The number of benzene rings is 2. The van der Waals surface area contributed by atoms with E-state index in [1.54, 1.807) is 7.11 Å². The monoisotopic (exact) mass is 452 g/mol. The van der Waals surface area contributed by atoms with Gasteiger partial charge in [0.25, 0.3) is 0 Å². The van der Waals surface area contributed by atoms with E-state index in [0.717, 1.165) is 22.6 Å². The van der Waals surface area contributed by atoms with Crippen molar-refractivity contribution in [3.63, 3.8) is 0 Å². The maximum absolute atomic E-state index is 6.41. The van der Waals surface area contributed by atoms with E-state index in [0.29, 0.717) is 6.61 Å². The van der Waals surface area contributed by atoms with Gasteiger partial charge in [-0.2, -0.15) is 0 Å². The summed E-state index contributed by atoms with van der Waals surface area (Å²) >= 11 is 0. The lowest BCUT2D eigenvalue weighted by Gasteiger charge is -2.32. The number of rotatable bonds is 4. The Bertz CT molecular complexity index is 984. The van der Waals surface area contributed by atoms with Crippen molar-refractivity contribution >= 4 is 0 Å². The van der Waals surface area contributed by atoms with E-state index in [9.17, 15) is 0 Å². The zero-order chi connectivity index (χ0) is 25.6. The standard InChI is InChI=1S/C31H48O2/c1-15-33-27-23(17-21(29(5,6)7)19-25(27)31(11,12)13)22-16-20(28(2,3)4)18-24(26(22)32-14)30(8,9)10/h16-19H,15H2,1-14H3. The zero-order valence-electron chi connectivity index (χ0n) is 23.8. The Morgan fingerprint density at radius 2 is 0.909 bits per heavy atom. The smallest absolute Gasteiger partial charge is 0.130 e. The first-order valence-electron chi connectivity index (χ1n) is 12.4. The van der Waals surface area contributed by atoms with Gasteiger partial charge in [0, 0.05) is 22.3 Å². The zero-order valence-corrected chi connectivity index (χ0v) is 23.8. The summed E-state index contributed by atoms with van der Waals surface area (Å²) in [7, 11) is 1.80. The summed E-state index contributed by atoms with van der Waals surface area (Å²) in [5, 5.41) is 0. The molecule has 0 spiro atoms. The van der Waals surface area contributed by atoms with Crippen LogP contribution in [0.15, 0.2) is 24.3 Å². The molecule has 0 aliphatic heterocycles. The van der Waals surface area contributed by atoms with Crippen molar-refractivity contribution in [2.24, 2.45) is 0 Å². The SMILES string of the molecule is CCOc1c(-c2cc(C(C)(C)C)cc(C(C)(C)C)c2OC)cc(C(C)(C)C)cc1C(C)(C)C. The Hall–Kier alpha value is -1.96. The summed E-state index contributed by atoms with van der Waals surface area (Å²) in [6.07, 6.45) is 0. The number of ether oxygens (including phenoxy) is 2. The largest absolute Gasteiger partial charge is 0.496 e. The fraction of sp³-hybridized carbons (Fsp3) is 0.613. The van der Waals surface area contributed by atoms with Crippen LogP contribution in [0.5, 0.6) is 11.5 Å². The summed E-state index contributed by atoms with van der Waals surface area (Å²) in [6.45, 7) is 30.0. The molecule has 0 saturated heterocycles. The molecule has 0 fully saturated rings. The van der Waals surface area contributed by atoms with Crippen LogP contribution in [-0.4, -0.2) is 13.7 Å². The molecule has 2 aromatic rings. The highest BCUT2D eigenvalue weighted by Gasteiger charge is 2.31. The van der Waals surface area contributed by atoms with E-state index in [-0.39, 0.29) is 21.7 Å². The molecule has 0 aromatic heterocycles. The summed E-state index contributed by atoms with van der Waals surface area (Å²) in [6, 6.07) is 9.34. The van der Waals surface area contributed by atoms with Gasteiger partial charge >= 0.3 is 0 Å². The average molecular weight is 453 g/mol. The van der Waals surface area contributed by atoms with Crippen molar-refractivity contribution in [1.29, 1.82) is 0 Å². The second-order valence-electron chi connectivity index (χ2n) is 13.4. The Labute approximate surface area is 204 Å². The minimum Gasteiger partial charge on any atom is -0.496 e. The predicted molar refractivity (Wildman–Crippen MR) is 144 cm³/mol. The molecule has 2 heteroatoms. The predicted octanol–water partition coefficient (Wildman–Crippen LogP) is 8.95. The van der Waals surface area contributed by atoms with E-state index in [2.05, 4.69) is 114 Å². The minimum atomic E-state index is -0.0539. The molecule has 0 aliphatic carbocycles. The van der Waals surface area contributed by atoms with Gasteiger partial charge in [0.1, 0.15) is 11.5 Å². The number of methoxy groups -OCH3 is 1. The van der Waals surface area contributed by atoms with Gasteiger partial charge in [-0.05, 0) is 51.8 Å². The van der Waals surface area contributed by atoms with Gasteiger partial charge in [0.2, 0.25) is 0 Å². The molecule has 0 bridgehead atoms. The minimum absolute atomic E-state index is 0.0151. The van der Waals surface area contributed by atoms with Crippen LogP contribution in [0, 0.1) is 0 Å². The van der Waals surface area contributed by atoms with Gasteiger partial charge in [-0.1, -0.05) is 95.2 Å². The lowest BCUT2D eigenvalue weighted by Crippen LogP contribution is -2.20. The molecule has 0 N–H and O–H groups in total. The van der Waals surface area contributed by atoms with Crippen LogP contribution < -0.4 is 9.47 Å². The van der Waals surface area contributed by atoms with Crippen LogP contribution in [0.25, 0.3) is 11.1 Å². The summed E-state index contributed by atoms with van der Waals surface area (Å²) in [5.74, 6) is 1.92. The van der Waals surface area contributed by atoms with Crippen LogP contribution >= 0.6 is 0 Å². The second-order valence-corrected chi connectivity index (χ2v) is 13.4. The summed E-state index contributed by atoms with van der Waals surface area (Å²) in [4.78, 5) is 0. The van der Waals surface area contributed by atoms with Gasteiger partial charge in [-0.3, -0.25) is 0 Å². The third kappa shape index (κ3) is 5.94. The fourth-order valence-corrected chi connectivity index (χ4v) is 4.16. The van der Waals surface area contributed by atoms with E-state index in [1.165, 1.54) is 22.3 Å². The number of hydrogen-bond acceptors (Lipinski definition) is 2. The first-order valence-corrected chi connectivity index (χ1v) is 12.4. The van der Waals surface area contributed by atoms with Crippen molar-refractivity contribution in [2.75, 3.05) is 13.7 Å². The third-order valence-corrected chi connectivity index (χ3v) is 6.31.